The van der Waals surface area contributed by atoms with E-state index >= 15 is 0 Å². The molecular formula is C30H30N2OS. The zero-order valence-electron chi connectivity index (χ0n) is 20.0. The van der Waals surface area contributed by atoms with Crippen LogP contribution in [0.2, 0.25) is 0 Å². The topological polar surface area (TPSA) is 41.5 Å². The molecule has 5 rings (SSSR count). The Morgan fingerprint density at radius 2 is 1.74 bits per heavy atom. The Bertz CT molecular complexity index is 1360. The highest BCUT2D eigenvalue weighted by Crippen LogP contribution is 2.45. The molecule has 1 aromatic heterocycles. The number of hydrogen-bond donors (Lipinski definition) is 1. The van der Waals surface area contributed by atoms with Crippen molar-refractivity contribution >= 4 is 44.9 Å². The summed E-state index contributed by atoms with van der Waals surface area (Å²) in [5.74, 6) is 0.543. The molecule has 0 saturated carbocycles. The SMILES string of the molecule is CC(C)(C)[C@H]1CCc2c(sc(N=Cc3ccccc3)c2C(=O)Nc2cccc3ccccc23)C1. The number of carbonyl (C=O) groups is 1. The Labute approximate surface area is 205 Å². The van der Waals surface area contributed by atoms with Crippen molar-refractivity contribution in [1.82, 2.24) is 0 Å². The molecule has 1 heterocycles. The van der Waals surface area contributed by atoms with Crippen LogP contribution in [-0.2, 0) is 12.8 Å². The number of carbonyl (C=O) groups excluding carboxylic acids is 1. The molecule has 3 aromatic carbocycles. The highest BCUT2D eigenvalue weighted by atomic mass is 32.1. The average molecular weight is 467 g/mol. The zero-order chi connectivity index (χ0) is 23.7. The standard InChI is InChI=1S/C30H30N2OS/c1-30(2,3)22-16-17-24-26(18-22)34-29(31-19-20-10-5-4-6-11-20)27(24)28(33)32-25-15-9-13-21-12-7-8-14-23(21)25/h4-15,19,22H,16-18H2,1-3H3,(H,32,33)/t22-/m0/s1. The van der Waals surface area contributed by atoms with E-state index in [1.165, 1.54) is 10.4 Å². The van der Waals surface area contributed by atoms with Crippen LogP contribution in [0.4, 0.5) is 10.7 Å². The third-order valence-electron chi connectivity index (χ3n) is 6.87. The molecule has 0 bridgehead atoms. The Kier molecular flexibility index (Phi) is 6.09. The molecular weight excluding hydrogens is 436 g/mol. The first-order valence-electron chi connectivity index (χ1n) is 11.9. The summed E-state index contributed by atoms with van der Waals surface area (Å²) in [7, 11) is 0. The minimum Gasteiger partial charge on any atom is -0.321 e. The number of benzene rings is 3. The van der Waals surface area contributed by atoms with Gasteiger partial charge in [-0.25, -0.2) is 4.99 Å². The summed E-state index contributed by atoms with van der Waals surface area (Å²) in [6.07, 6.45) is 4.91. The van der Waals surface area contributed by atoms with Gasteiger partial charge in [-0.1, -0.05) is 87.5 Å². The molecule has 0 saturated heterocycles. The molecule has 0 spiro atoms. The predicted octanol–water partition coefficient (Wildman–Crippen LogP) is 8.06. The van der Waals surface area contributed by atoms with E-state index in [1.54, 1.807) is 11.3 Å². The molecule has 0 unspecified atom stereocenters. The van der Waals surface area contributed by atoms with Crippen molar-refractivity contribution in [2.24, 2.45) is 16.3 Å². The number of nitrogens with one attached hydrogen (secondary N) is 1. The minimum absolute atomic E-state index is 0.0664. The van der Waals surface area contributed by atoms with E-state index in [2.05, 4.69) is 44.3 Å². The minimum atomic E-state index is -0.0664. The van der Waals surface area contributed by atoms with Crippen LogP contribution in [0.15, 0.2) is 77.8 Å². The van der Waals surface area contributed by atoms with Crippen LogP contribution in [0.5, 0.6) is 0 Å². The molecule has 3 nitrogen and oxygen atoms in total. The van der Waals surface area contributed by atoms with Crippen molar-refractivity contribution in [2.45, 2.75) is 40.0 Å². The van der Waals surface area contributed by atoms with E-state index in [-0.39, 0.29) is 11.3 Å². The number of rotatable bonds is 4. The molecule has 1 amide bonds. The third kappa shape index (κ3) is 4.55. The summed E-state index contributed by atoms with van der Waals surface area (Å²) < 4.78 is 0. The molecule has 1 atom stereocenters. The van der Waals surface area contributed by atoms with Crippen LogP contribution in [0.3, 0.4) is 0 Å². The summed E-state index contributed by atoms with van der Waals surface area (Å²) in [5, 5.41) is 6.18. The number of amides is 1. The Hall–Kier alpha value is -3.24. The molecule has 34 heavy (non-hydrogen) atoms. The maximum atomic E-state index is 13.7. The van der Waals surface area contributed by atoms with Crippen molar-refractivity contribution in [3.63, 3.8) is 0 Å². The summed E-state index contributed by atoms with van der Waals surface area (Å²) in [6, 6.07) is 24.2. The van der Waals surface area contributed by atoms with Crippen molar-refractivity contribution in [3.8, 4) is 0 Å². The highest BCUT2D eigenvalue weighted by molar-refractivity contribution is 7.16. The number of nitrogens with zero attached hydrogens (tertiary/aromatic N) is 1. The maximum absolute atomic E-state index is 13.7. The lowest BCUT2D eigenvalue weighted by Gasteiger charge is -2.33. The van der Waals surface area contributed by atoms with Gasteiger partial charge in [0.15, 0.2) is 0 Å². The lowest BCUT2D eigenvalue weighted by atomic mass is 9.72. The van der Waals surface area contributed by atoms with Gasteiger partial charge in [-0.05, 0) is 53.2 Å². The Morgan fingerprint density at radius 1 is 1.00 bits per heavy atom. The number of thiophene rings is 1. The van der Waals surface area contributed by atoms with Crippen molar-refractivity contribution in [2.75, 3.05) is 5.32 Å². The maximum Gasteiger partial charge on any atom is 0.259 e. The van der Waals surface area contributed by atoms with Gasteiger partial charge < -0.3 is 5.32 Å². The van der Waals surface area contributed by atoms with Crippen molar-refractivity contribution < 1.29 is 4.79 Å². The number of anilines is 1. The first-order valence-corrected chi connectivity index (χ1v) is 12.7. The molecule has 0 fully saturated rings. The second-order valence-electron chi connectivity index (χ2n) is 10.1. The summed E-state index contributed by atoms with van der Waals surface area (Å²) >= 11 is 1.68. The Morgan fingerprint density at radius 3 is 2.53 bits per heavy atom. The van der Waals surface area contributed by atoms with Crippen LogP contribution < -0.4 is 5.32 Å². The smallest absolute Gasteiger partial charge is 0.259 e. The van der Waals surface area contributed by atoms with Crippen molar-refractivity contribution in [3.05, 3.63) is 94.4 Å². The Balaban J connectivity index is 1.53. The predicted molar refractivity (Wildman–Crippen MR) is 145 cm³/mol. The van der Waals surface area contributed by atoms with Gasteiger partial charge in [-0.3, -0.25) is 4.79 Å². The first kappa shape index (κ1) is 22.5. The van der Waals surface area contributed by atoms with E-state index in [4.69, 9.17) is 4.99 Å². The van der Waals surface area contributed by atoms with Crippen LogP contribution in [-0.4, -0.2) is 12.1 Å². The van der Waals surface area contributed by atoms with Crippen LogP contribution in [0.1, 0.15) is 53.6 Å². The molecule has 4 heteroatoms. The van der Waals surface area contributed by atoms with Gasteiger partial charge in [0.2, 0.25) is 0 Å². The van der Waals surface area contributed by atoms with E-state index in [9.17, 15) is 4.79 Å². The monoisotopic (exact) mass is 466 g/mol. The van der Waals surface area contributed by atoms with Gasteiger partial charge in [-0.2, -0.15) is 0 Å². The normalized spacial score (nSPS) is 16.0. The van der Waals surface area contributed by atoms with Gasteiger partial charge in [0, 0.05) is 22.2 Å². The molecule has 172 valence electrons. The fourth-order valence-electron chi connectivity index (χ4n) is 4.83. The summed E-state index contributed by atoms with van der Waals surface area (Å²) in [4.78, 5) is 19.9. The number of hydrogen-bond acceptors (Lipinski definition) is 3. The lowest BCUT2D eigenvalue weighted by Crippen LogP contribution is -2.27. The van der Waals surface area contributed by atoms with Gasteiger partial charge >= 0.3 is 0 Å². The third-order valence-corrected chi connectivity index (χ3v) is 8.03. The fraction of sp³-hybridized carbons (Fsp3) is 0.267. The first-order chi connectivity index (χ1) is 16.4. The summed E-state index contributed by atoms with van der Waals surface area (Å²) in [6.45, 7) is 6.95. The van der Waals surface area contributed by atoms with Crippen LogP contribution in [0.25, 0.3) is 10.8 Å². The molecule has 1 aliphatic carbocycles. The second kappa shape index (κ2) is 9.19. The highest BCUT2D eigenvalue weighted by Gasteiger charge is 2.33. The number of aliphatic imine (C=N–C) groups is 1. The van der Waals surface area contributed by atoms with Crippen molar-refractivity contribution in [1.29, 1.82) is 0 Å². The van der Waals surface area contributed by atoms with E-state index in [1.807, 2.05) is 60.8 Å². The van der Waals surface area contributed by atoms with Crippen LogP contribution >= 0.6 is 11.3 Å². The van der Waals surface area contributed by atoms with Gasteiger partial charge in [0.1, 0.15) is 5.00 Å². The zero-order valence-corrected chi connectivity index (χ0v) is 20.8. The van der Waals surface area contributed by atoms with Gasteiger partial charge in [0.25, 0.3) is 5.91 Å². The van der Waals surface area contributed by atoms with E-state index in [0.717, 1.165) is 51.9 Å². The van der Waals surface area contributed by atoms with E-state index < -0.39 is 0 Å². The van der Waals surface area contributed by atoms with Gasteiger partial charge in [-0.15, -0.1) is 11.3 Å². The molecule has 1 aliphatic rings. The average Bonchev–Trinajstić information content (AvgIpc) is 3.21. The fourth-order valence-corrected chi connectivity index (χ4v) is 6.10. The summed E-state index contributed by atoms with van der Waals surface area (Å²) in [5.41, 5.74) is 4.04. The largest absolute Gasteiger partial charge is 0.321 e. The van der Waals surface area contributed by atoms with Crippen LogP contribution in [0, 0.1) is 11.3 Å². The molecule has 0 aliphatic heterocycles. The number of fused-ring (bicyclic) bond motifs is 2. The molecule has 1 N–H and O–H groups in total. The molecule has 0 radical (unpaired) electrons. The van der Waals surface area contributed by atoms with Gasteiger partial charge in [0.05, 0.1) is 5.56 Å². The van der Waals surface area contributed by atoms with E-state index in [0.29, 0.717) is 5.92 Å². The second-order valence-corrected chi connectivity index (χ2v) is 11.2. The molecule has 4 aromatic rings. The lowest BCUT2D eigenvalue weighted by molar-refractivity contribution is 0.102. The quantitative estimate of drug-likeness (QED) is 0.304.